The Bertz CT molecular complexity index is 1420. The van der Waals surface area contributed by atoms with Crippen molar-refractivity contribution < 1.29 is 14.3 Å². The molecule has 4 amide bonds. The van der Waals surface area contributed by atoms with E-state index in [-0.39, 0.29) is 12.1 Å². The number of urea groups is 2. The van der Waals surface area contributed by atoms with Crippen molar-refractivity contribution in [2.75, 3.05) is 28.4 Å². The highest BCUT2D eigenvalue weighted by Gasteiger charge is 2.11. The van der Waals surface area contributed by atoms with Gasteiger partial charge in [0.1, 0.15) is 5.75 Å². The summed E-state index contributed by atoms with van der Waals surface area (Å²) in [6, 6.07) is 28.2. The number of hydrogen-bond donors (Lipinski definition) is 4. The first-order valence-electron chi connectivity index (χ1n) is 12.4. The van der Waals surface area contributed by atoms with Gasteiger partial charge in [0.15, 0.2) is 0 Å². The lowest BCUT2D eigenvalue weighted by Crippen LogP contribution is -2.20. The Labute approximate surface area is 223 Å². The molecule has 0 saturated carbocycles. The predicted molar refractivity (Wildman–Crippen MR) is 154 cm³/mol. The van der Waals surface area contributed by atoms with Gasteiger partial charge in [0, 0.05) is 17.1 Å². The topological polar surface area (TPSA) is 91.5 Å². The lowest BCUT2D eigenvalue weighted by atomic mass is 10.0. The van der Waals surface area contributed by atoms with Crippen LogP contribution in [0.1, 0.15) is 22.3 Å². The summed E-state index contributed by atoms with van der Waals surface area (Å²) in [5.41, 5.74) is 7.09. The number of anilines is 4. The van der Waals surface area contributed by atoms with Crippen molar-refractivity contribution >= 4 is 34.8 Å². The zero-order valence-electron chi connectivity index (χ0n) is 21.8. The summed E-state index contributed by atoms with van der Waals surface area (Å²) in [6.07, 6.45) is 1.62. The molecule has 0 atom stereocenters. The number of para-hydroxylation sites is 2. The zero-order valence-corrected chi connectivity index (χ0v) is 21.8. The first-order chi connectivity index (χ1) is 18.4. The fourth-order valence-corrected chi connectivity index (χ4v) is 4.10. The van der Waals surface area contributed by atoms with Crippen molar-refractivity contribution in [3.63, 3.8) is 0 Å². The molecule has 4 aromatic rings. The zero-order chi connectivity index (χ0) is 26.9. The Hall–Kier alpha value is -4.78. The number of rotatable bonds is 8. The molecule has 4 N–H and O–H groups in total. The Balaban J connectivity index is 1.33. The summed E-state index contributed by atoms with van der Waals surface area (Å²) < 4.78 is 5.54. The average Bonchev–Trinajstić information content (AvgIpc) is 2.91. The maximum Gasteiger partial charge on any atom is 0.323 e. The molecule has 0 bridgehead atoms. The molecule has 0 heterocycles. The Morgan fingerprint density at radius 1 is 0.605 bits per heavy atom. The van der Waals surface area contributed by atoms with Crippen molar-refractivity contribution in [2.45, 2.75) is 26.7 Å². The van der Waals surface area contributed by atoms with Crippen LogP contribution in [0, 0.1) is 13.8 Å². The van der Waals surface area contributed by atoms with E-state index in [1.807, 2.05) is 98.8 Å². The van der Waals surface area contributed by atoms with Crippen molar-refractivity contribution in [3.05, 3.63) is 113 Å². The van der Waals surface area contributed by atoms with Gasteiger partial charge in [0.05, 0.1) is 12.8 Å². The number of nitrogens with one attached hydrogen (secondary N) is 4. The van der Waals surface area contributed by atoms with Gasteiger partial charge >= 0.3 is 12.1 Å². The van der Waals surface area contributed by atoms with E-state index in [2.05, 4.69) is 27.3 Å². The highest BCUT2D eigenvalue weighted by Crippen LogP contribution is 2.27. The first kappa shape index (κ1) is 26.3. The minimum atomic E-state index is -0.327. The normalized spacial score (nSPS) is 10.4. The first-order valence-corrected chi connectivity index (χ1v) is 12.4. The van der Waals surface area contributed by atoms with Gasteiger partial charge in [-0.1, -0.05) is 54.6 Å². The van der Waals surface area contributed by atoms with Crippen LogP contribution in [0.5, 0.6) is 5.75 Å². The van der Waals surface area contributed by atoms with Gasteiger partial charge in [-0.2, -0.15) is 0 Å². The van der Waals surface area contributed by atoms with Crippen LogP contribution in [0.2, 0.25) is 0 Å². The molecule has 194 valence electrons. The van der Waals surface area contributed by atoms with Crippen LogP contribution in [0.3, 0.4) is 0 Å². The molecule has 0 aliphatic rings. The lowest BCUT2D eigenvalue weighted by molar-refractivity contribution is 0.261. The van der Waals surface area contributed by atoms with E-state index in [9.17, 15) is 9.59 Å². The van der Waals surface area contributed by atoms with Crippen LogP contribution in [0.15, 0.2) is 91.0 Å². The molecule has 0 spiro atoms. The molecule has 0 unspecified atom stereocenters. The maximum absolute atomic E-state index is 12.5. The van der Waals surface area contributed by atoms with Crippen LogP contribution < -0.4 is 26.0 Å². The maximum atomic E-state index is 12.5. The molecule has 0 radical (unpaired) electrons. The molecule has 7 nitrogen and oxygen atoms in total. The van der Waals surface area contributed by atoms with Crippen molar-refractivity contribution in [2.24, 2.45) is 0 Å². The molecule has 0 aromatic heterocycles. The summed E-state index contributed by atoms with van der Waals surface area (Å²) >= 11 is 0. The SMILES string of the molecule is COc1cc(CCc2ccc(NC(=O)Nc3ccccc3)c(C)c2)ccc1NC(=O)Nc1ccccc1C. The fourth-order valence-electron chi connectivity index (χ4n) is 4.10. The number of ether oxygens (including phenoxy) is 1. The van der Waals surface area contributed by atoms with Gasteiger partial charge in [-0.25, -0.2) is 9.59 Å². The number of methoxy groups -OCH3 is 1. The number of carbonyl (C=O) groups excluding carboxylic acids is 2. The van der Waals surface area contributed by atoms with E-state index in [1.54, 1.807) is 7.11 Å². The second kappa shape index (κ2) is 12.5. The summed E-state index contributed by atoms with van der Waals surface area (Å²) in [7, 11) is 1.59. The number of hydrogen-bond acceptors (Lipinski definition) is 3. The van der Waals surface area contributed by atoms with E-state index < -0.39 is 0 Å². The number of aryl methyl sites for hydroxylation is 4. The Morgan fingerprint density at radius 2 is 1.16 bits per heavy atom. The average molecular weight is 509 g/mol. The van der Waals surface area contributed by atoms with Crippen LogP contribution in [-0.2, 0) is 12.8 Å². The lowest BCUT2D eigenvalue weighted by Gasteiger charge is -2.14. The molecule has 0 aliphatic heterocycles. The van der Waals surface area contributed by atoms with Gasteiger partial charge in [0.25, 0.3) is 0 Å². The third-order valence-electron chi connectivity index (χ3n) is 6.18. The summed E-state index contributed by atoms with van der Waals surface area (Å²) in [4.78, 5) is 24.8. The van der Waals surface area contributed by atoms with Gasteiger partial charge < -0.3 is 26.0 Å². The standard InChI is InChI=1S/C31H32N4O3/c1-21-9-7-8-12-26(21)33-31(37)35-28-18-16-24(20-29(28)38-3)14-13-23-15-17-27(22(2)19-23)34-30(36)32-25-10-5-4-6-11-25/h4-12,15-20H,13-14H2,1-3H3,(H2,32,34,36)(H2,33,35,37). The number of amides is 4. The molecular weight excluding hydrogens is 476 g/mol. The molecule has 38 heavy (non-hydrogen) atoms. The Morgan fingerprint density at radius 3 is 1.82 bits per heavy atom. The van der Waals surface area contributed by atoms with Crippen molar-refractivity contribution in [1.82, 2.24) is 0 Å². The minimum absolute atomic E-state index is 0.277. The summed E-state index contributed by atoms with van der Waals surface area (Å²) in [6.45, 7) is 3.92. The molecule has 0 saturated heterocycles. The van der Waals surface area contributed by atoms with Crippen LogP contribution in [0.25, 0.3) is 0 Å². The van der Waals surface area contributed by atoms with Gasteiger partial charge in [-0.15, -0.1) is 0 Å². The Kier molecular flexibility index (Phi) is 8.61. The predicted octanol–water partition coefficient (Wildman–Crippen LogP) is 7.39. The third kappa shape index (κ3) is 7.13. The molecule has 0 fully saturated rings. The van der Waals surface area contributed by atoms with Crippen LogP contribution >= 0.6 is 0 Å². The second-order valence-electron chi connectivity index (χ2n) is 9.02. The highest BCUT2D eigenvalue weighted by molar-refractivity contribution is 6.01. The van der Waals surface area contributed by atoms with Crippen LogP contribution in [0.4, 0.5) is 32.3 Å². The summed E-state index contributed by atoms with van der Waals surface area (Å²) in [5.74, 6) is 0.600. The smallest absolute Gasteiger partial charge is 0.323 e. The molecule has 7 heteroatoms. The largest absolute Gasteiger partial charge is 0.495 e. The molecular formula is C31H32N4O3. The van der Waals surface area contributed by atoms with Crippen molar-refractivity contribution in [3.8, 4) is 5.75 Å². The van der Waals surface area contributed by atoms with E-state index >= 15 is 0 Å². The second-order valence-corrected chi connectivity index (χ2v) is 9.02. The van der Waals surface area contributed by atoms with Gasteiger partial charge in [0.2, 0.25) is 0 Å². The fraction of sp³-hybridized carbons (Fsp3) is 0.161. The van der Waals surface area contributed by atoms with Gasteiger partial charge in [-0.3, -0.25) is 0 Å². The molecule has 4 aromatic carbocycles. The van der Waals surface area contributed by atoms with Crippen molar-refractivity contribution in [1.29, 1.82) is 0 Å². The minimum Gasteiger partial charge on any atom is -0.495 e. The molecule has 4 rings (SSSR count). The number of benzene rings is 4. The monoisotopic (exact) mass is 508 g/mol. The number of carbonyl (C=O) groups is 2. The van der Waals surface area contributed by atoms with E-state index in [0.29, 0.717) is 11.4 Å². The highest BCUT2D eigenvalue weighted by atomic mass is 16.5. The van der Waals surface area contributed by atoms with Crippen LogP contribution in [-0.4, -0.2) is 19.2 Å². The third-order valence-corrected chi connectivity index (χ3v) is 6.18. The van der Waals surface area contributed by atoms with E-state index in [1.165, 1.54) is 0 Å². The quantitative estimate of drug-likeness (QED) is 0.200. The molecule has 0 aliphatic carbocycles. The van der Waals surface area contributed by atoms with E-state index in [4.69, 9.17) is 4.74 Å². The van der Waals surface area contributed by atoms with Gasteiger partial charge in [-0.05, 0) is 85.3 Å². The van der Waals surface area contributed by atoms with E-state index in [0.717, 1.165) is 52.2 Å². The summed E-state index contributed by atoms with van der Waals surface area (Å²) in [5, 5.41) is 11.5.